The summed E-state index contributed by atoms with van der Waals surface area (Å²) < 4.78 is 41.4. The molecular weight excluding hydrogens is 404 g/mol. The molecule has 0 aliphatic rings. The van der Waals surface area contributed by atoms with Gasteiger partial charge in [-0.1, -0.05) is 29.3 Å². The van der Waals surface area contributed by atoms with E-state index in [0.29, 0.717) is 20.4 Å². The first-order chi connectivity index (χ1) is 12.7. The van der Waals surface area contributed by atoms with Crippen molar-refractivity contribution in [1.82, 2.24) is 9.78 Å². The van der Waals surface area contributed by atoms with E-state index in [0.717, 1.165) is 6.20 Å². The van der Waals surface area contributed by atoms with Crippen LogP contribution in [0.15, 0.2) is 54.7 Å². The van der Waals surface area contributed by atoms with Crippen LogP contribution in [0.4, 0.5) is 29.3 Å². The van der Waals surface area contributed by atoms with Gasteiger partial charge in [-0.05, 0) is 42.5 Å². The van der Waals surface area contributed by atoms with Gasteiger partial charge in [-0.3, -0.25) is 0 Å². The van der Waals surface area contributed by atoms with Gasteiger partial charge < -0.3 is 10.6 Å². The first kappa shape index (κ1) is 19.1. The third-order valence-corrected chi connectivity index (χ3v) is 3.93. The number of halogens is 5. The van der Waals surface area contributed by atoms with Gasteiger partial charge in [-0.25, -0.2) is 9.48 Å². The lowest BCUT2D eigenvalue weighted by Crippen LogP contribution is -2.22. The fourth-order valence-corrected chi connectivity index (χ4v) is 2.66. The molecule has 0 aliphatic carbocycles. The summed E-state index contributed by atoms with van der Waals surface area (Å²) in [6, 6.07) is 11.0. The molecule has 0 bridgehead atoms. The fraction of sp³-hybridized carbons (Fsp3) is 0.0588. The summed E-state index contributed by atoms with van der Waals surface area (Å²) in [5.41, 5.74) is -1.13. The van der Waals surface area contributed by atoms with E-state index >= 15 is 0 Å². The van der Waals surface area contributed by atoms with Crippen LogP contribution in [-0.4, -0.2) is 15.8 Å². The van der Waals surface area contributed by atoms with Crippen LogP contribution in [0.1, 0.15) is 5.69 Å². The van der Waals surface area contributed by atoms with Gasteiger partial charge in [0.25, 0.3) is 0 Å². The SMILES string of the molecule is O=C(Nc1cccc(Cl)c1)Nc1cnn(-c2ccc(Cl)cc2)c1C(F)(F)F. The zero-order chi connectivity index (χ0) is 19.6. The van der Waals surface area contributed by atoms with Gasteiger partial charge in [0.1, 0.15) is 0 Å². The van der Waals surface area contributed by atoms with Crippen molar-refractivity contribution in [3.05, 3.63) is 70.5 Å². The minimum atomic E-state index is -4.76. The molecule has 0 aliphatic heterocycles. The van der Waals surface area contributed by atoms with Crippen LogP contribution in [0.25, 0.3) is 5.69 Å². The van der Waals surface area contributed by atoms with Crippen LogP contribution in [0, 0.1) is 0 Å². The summed E-state index contributed by atoms with van der Waals surface area (Å²) >= 11 is 11.6. The molecule has 3 aromatic rings. The van der Waals surface area contributed by atoms with E-state index in [9.17, 15) is 18.0 Å². The van der Waals surface area contributed by atoms with E-state index in [2.05, 4.69) is 15.7 Å². The molecule has 140 valence electrons. The molecule has 5 nitrogen and oxygen atoms in total. The van der Waals surface area contributed by atoms with Crippen LogP contribution < -0.4 is 10.6 Å². The Balaban J connectivity index is 1.89. The Morgan fingerprint density at radius 2 is 1.70 bits per heavy atom. The summed E-state index contributed by atoms with van der Waals surface area (Å²) in [5.74, 6) is 0. The maximum atomic E-state index is 13.6. The standard InChI is InChI=1S/C17H11Cl2F3N4O/c18-10-4-6-13(7-5-10)26-15(17(20,21)22)14(9-23-26)25-16(27)24-12-3-1-2-11(19)8-12/h1-9H,(H2,24,25,27). The summed E-state index contributed by atoms with van der Waals surface area (Å²) in [6.07, 6.45) is -3.83. The van der Waals surface area contributed by atoms with Gasteiger partial charge in [0.05, 0.1) is 17.6 Å². The molecule has 0 radical (unpaired) electrons. The van der Waals surface area contributed by atoms with Crippen molar-refractivity contribution in [3.63, 3.8) is 0 Å². The molecule has 0 saturated heterocycles. The molecule has 0 unspecified atom stereocenters. The first-order valence-electron chi connectivity index (χ1n) is 7.49. The summed E-state index contributed by atoms with van der Waals surface area (Å²) in [4.78, 5) is 12.1. The van der Waals surface area contributed by atoms with E-state index < -0.39 is 23.6 Å². The summed E-state index contributed by atoms with van der Waals surface area (Å²) in [5, 5.41) is 9.07. The van der Waals surface area contributed by atoms with Crippen molar-refractivity contribution in [2.45, 2.75) is 6.18 Å². The molecule has 0 fully saturated rings. The fourth-order valence-electron chi connectivity index (χ4n) is 2.34. The van der Waals surface area contributed by atoms with Crippen molar-refractivity contribution < 1.29 is 18.0 Å². The van der Waals surface area contributed by atoms with Crippen molar-refractivity contribution in [3.8, 4) is 5.69 Å². The maximum absolute atomic E-state index is 13.6. The molecule has 2 amide bonds. The lowest BCUT2D eigenvalue weighted by molar-refractivity contribution is -0.142. The number of anilines is 2. The number of rotatable bonds is 3. The minimum absolute atomic E-state index is 0.148. The number of carbonyl (C=O) groups excluding carboxylic acids is 1. The first-order valence-corrected chi connectivity index (χ1v) is 8.24. The van der Waals surface area contributed by atoms with Gasteiger partial charge in [0.15, 0.2) is 5.69 Å². The number of hydrogen-bond acceptors (Lipinski definition) is 2. The Hall–Kier alpha value is -2.71. The summed E-state index contributed by atoms with van der Waals surface area (Å²) in [7, 11) is 0. The van der Waals surface area contributed by atoms with E-state index in [1.54, 1.807) is 18.2 Å². The molecule has 10 heteroatoms. The third kappa shape index (κ3) is 4.53. The Bertz CT molecular complexity index is 971. The van der Waals surface area contributed by atoms with Gasteiger partial charge in [0.2, 0.25) is 0 Å². The van der Waals surface area contributed by atoms with E-state index in [1.807, 2.05) is 0 Å². The third-order valence-electron chi connectivity index (χ3n) is 3.44. The number of urea groups is 1. The lowest BCUT2D eigenvalue weighted by atomic mass is 10.3. The zero-order valence-electron chi connectivity index (χ0n) is 13.4. The number of alkyl halides is 3. The predicted molar refractivity (Wildman–Crippen MR) is 97.7 cm³/mol. The van der Waals surface area contributed by atoms with Gasteiger partial charge in [0, 0.05) is 15.7 Å². The highest BCUT2D eigenvalue weighted by molar-refractivity contribution is 6.31. The molecule has 2 aromatic carbocycles. The van der Waals surface area contributed by atoms with E-state index in [4.69, 9.17) is 23.2 Å². The Labute approximate surface area is 161 Å². The molecule has 3 rings (SSSR count). The molecule has 1 aromatic heterocycles. The number of benzene rings is 2. The number of hydrogen-bond donors (Lipinski definition) is 2. The van der Waals surface area contributed by atoms with E-state index in [-0.39, 0.29) is 5.69 Å². The van der Waals surface area contributed by atoms with Crippen LogP contribution in [-0.2, 0) is 6.18 Å². The molecule has 0 saturated carbocycles. The van der Waals surface area contributed by atoms with Gasteiger partial charge in [-0.15, -0.1) is 0 Å². The number of carbonyl (C=O) groups is 1. The number of nitrogens with one attached hydrogen (secondary N) is 2. The second kappa shape index (κ2) is 7.50. The quantitative estimate of drug-likeness (QED) is 0.565. The van der Waals surface area contributed by atoms with E-state index in [1.165, 1.54) is 30.3 Å². The van der Waals surface area contributed by atoms with Crippen molar-refractivity contribution >= 4 is 40.6 Å². The van der Waals surface area contributed by atoms with Crippen molar-refractivity contribution in [2.24, 2.45) is 0 Å². The zero-order valence-corrected chi connectivity index (χ0v) is 14.9. The molecule has 0 spiro atoms. The molecule has 27 heavy (non-hydrogen) atoms. The van der Waals surface area contributed by atoms with Gasteiger partial charge >= 0.3 is 12.2 Å². The molecule has 2 N–H and O–H groups in total. The summed E-state index contributed by atoms with van der Waals surface area (Å²) in [6.45, 7) is 0. The van der Waals surface area contributed by atoms with Crippen LogP contribution >= 0.6 is 23.2 Å². The normalized spacial score (nSPS) is 11.3. The largest absolute Gasteiger partial charge is 0.435 e. The smallest absolute Gasteiger partial charge is 0.308 e. The minimum Gasteiger partial charge on any atom is -0.308 e. The average molecular weight is 415 g/mol. The van der Waals surface area contributed by atoms with Crippen molar-refractivity contribution in [2.75, 3.05) is 10.6 Å². The molecule has 0 atom stereocenters. The second-order valence-corrected chi connectivity index (χ2v) is 6.26. The Morgan fingerprint density at radius 1 is 1.00 bits per heavy atom. The monoisotopic (exact) mass is 414 g/mol. The topological polar surface area (TPSA) is 59.0 Å². The van der Waals surface area contributed by atoms with Crippen molar-refractivity contribution in [1.29, 1.82) is 0 Å². The molecule has 1 heterocycles. The highest BCUT2D eigenvalue weighted by Gasteiger charge is 2.39. The van der Waals surface area contributed by atoms with Gasteiger partial charge in [-0.2, -0.15) is 18.3 Å². The van der Waals surface area contributed by atoms with Crippen LogP contribution in [0.3, 0.4) is 0 Å². The maximum Gasteiger partial charge on any atom is 0.435 e. The van der Waals surface area contributed by atoms with Crippen LogP contribution in [0.2, 0.25) is 10.0 Å². The number of nitrogens with zero attached hydrogens (tertiary/aromatic N) is 2. The Morgan fingerprint density at radius 3 is 2.33 bits per heavy atom. The second-order valence-electron chi connectivity index (χ2n) is 5.38. The number of aromatic nitrogens is 2. The lowest BCUT2D eigenvalue weighted by Gasteiger charge is -2.13. The number of amides is 2. The highest BCUT2D eigenvalue weighted by Crippen LogP contribution is 2.36. The average Bonchev–Trinajstić information content (AvgIpc) is 2.99. The predicted octanol–water partition coefficient (Wildman–Crippen LogP) is 5.84. The molecular formula is C17H11Cl2F3N4O. The highest BCUT2D eigenvalue weighted by atomic mass is 35.5. The van der Waals surface area contributed by atoms with Crippen LogP contribution in [0.5, 0.6) is 0 Å². The Kier molecular flexibility index (Phi) is 5.29.